The number of hydrogen-bond donors (Lipinski definition) is 1. The molecule has 0 bridgehead atoms. The minimum absolute atomic E-state index is 0.0275. The zero-order valence-corrected chi connectivity index (χ0v) is 16.2. The summed E-state index contributed by atoms with van der Waals surface area (Å²) in [5.41, 5.74) is 0.852. The van der Waals surface area contributed by atoms with Gasteiger partial charge in [0, 0.05) is 19.0 Å². The van der Waals surface area contributed by atoms with Crippen LogP contribution >= 0.6 is 23.2 Å². The van der Waals surface area contributed by atoms with Gasteiger partial charge in [-0.15, -0.1) is 0 Å². The van der Waals surface area contributed by atoms with Gasteiger partial charge in [0.2, 0.25) is 11.8 Å². The van der Waals surface area contributed by atoms with Gasteiger partial charge in [-0.3, -0.25) is 9.59 Å². The summed E-state index contributed by atoms with van der Waals surface area (Å²) in [7, 11) is 0. The fourth-order valence-electron chi connectivity index (χ4n) is 2.49. The Kier molecular flexibility index (Phi) is 8.57. The maximum absolute atomic E-state index is 12.6. The Morgan fingerprint density at radius 3 is 2.33 bits per heavy atom. The Labute approximate surface area is 154 Å². The second-order valence-corrected chi connectivity index (χ2v) is 6.92. The molecule has 0 saturated carbocycles. The van der Waals surface area contributed by atoms with E-state index in [0.717, 1.165) is 12.0 Å². The van der Waals surface area contributed by atoms with Crippen LogP contribution in [-0.2, 0) is 16.1 Å². The minimum Gasteiger partial charge on any atom is -0.352 e. The summed E-state index contributed by atoms with van der Waals surface area (Å²) in [6.45, 7) is 8.00. The zero-order valence-electron chi connectivity index (χ0n) is 14.7. The number of carbonyl (C=O) groups is 2. The highest BCUT2D eigenvalue weighted by Crippen LogP contribution is 2.24. The second kappa shape index (κ2) is 9.90. The van der Waals surface area contributed by atoms with Crippen LogP contribution in [0.1, 0.15) is 52.5 Å². The lowest BCUT2D eigenvalue weighted by Gasteiger charge is -2.31. The number of benzene rings is 1. The van der Waals surface area contributed by atoms with Crippen molar-refractivity contribution in [1.29, 1.82) is 0 Å². The molecule has 0 radical (unpaired) electrons. The van der Waals surface area contributed by atoms with Gasteiger partial charge in [-0.05, 0) is 44.4 Å². The fourth-order valence-corrected chi connectivity index (χ4v) is 2.81. The largest absolute Gasteiger partial charge is 0.352 e. The van der Waals surface area contributed by atoms with Crippen molar-refractivity contribution in [2.24, 2.45) is 0 Å². The van der Waals surface area contributed by atoms with Gasteiger partial charge < -0.3 is 10.2 Å². The molecule has 2 amide bonds. The second-order valence-electron chi connectivity index (χ2n) is 6.11. The molecule has 0 aliphatic heterocycles. The summed E-state index contributed by atoms with van der Waals surface area (Å²) in [4.78, 5) is 26.7. The van der Waals surface area contributed by atoms with Crippen LogP contribution in [0, 0.1) is 0 Å². The third-order valence-corrected chi connectivity index (χ3v) is 4.36. The highest BCUT2D eigenvalue weighted by atomic mass is 35.5. The van der Waals surface area contributed by atoms with Crippen molar-refractivity contribution in [2.45, 2.75) is 65.6 Å². The Balaban J connectivity index is 3.07. The van der Waals surface area contributed by atoms with Crippen molar-refractivity contribution >= 4 is 35.0 Å². The van der Waals surface area contributed by atoms with Gasteiger partial charge in [-0.25, -0.2) is 0 Å². The topological polar surface area (TPSA) is 49.4 Å². The lowest BCUT2D eigenvalue weighted by molar-refractivity contribution is -0.141. The third-order valence-electron chi connectivity index (χ3n) is 3.62. The number of halogens is 2. The van der Waals surface area contributed by atoms with E-state index in [0.29, 0.717) is 29.4 Å². The van der Waals surface area contributed by atoms with E-state index in [9.17, 15) is 9.59 Å². The highest BCUT2D eigenvalue weighted by molar-refractivity contribution is 6.42. The van der Waals surface area contributed by atoms with E-state index in [-0.39, 0.29) is 17.9 Å². The predicted molar refractivity (Wildman–Crippen MR) is 99.3 cm³/mol. The Bertz CT molecular complexity index is 576. The maximum atomic E-state index is 12.6. The van der Waals surface area contributed by atoms with E-state index in [1.165, 1.54) is 0 Å². The minimum atomic E-state index is -0.499. The number of amides is 2. The quantitative estimate of drug-likeness (QED) is 0.733. The van der Waals surface area contributed by atoms with E-state index < -0.39 is 6.04 Å². The highest BCUT2D eigenvalue weighted by Gasteiger charge is 2.28. The standard InChI is InChI=1S/C18H26Cl2N2O2/c1-5-7-17(23)22(16(6-2)18(24)21-12(3)4)11-13-8-9-14(19)15(20)10-13/h8-10,12,16H,5-7,11H2,1-4H3,(H,21,24)/t16-/m0/s1. The molecule has 1 aromatic carbocycles. The molecule has 1 N–H and O–H groups in total. The molecule has 1 rings (SSSR count). The van der Waals surface area contributed by atoms with E-state index >= 15 is 0 Å². The number of nitrogens with zero attached hydrogens (tertiary/aromatic N) is 1. The lowest BCUT2D eigenvalue weighted by atomic mass is 10.1. The van der Waals surface area contributed by atoms with E-state index in [1.807, 2.05) is 33.8 Å². The smallest absolute Gasteiger partial charge is 0.243 e. The molecule has 0 spiro atoms. The molecule has 0 aliphatic rings. The number of nitrogens with one attached hydrogen (secondary N) is 1. The molecule has 0 heterocycles. The predicted octanol–water partition coefficient (Wildman–Crippen LogP) is 4.43. The summed E-state index contributed by atoms with van der Waals surface area (Å²) >= 11 is 12.0. The molecule has 134 valence electrons. The van der Waals surface area contributed by atoms with Crippen LogP contribution in [0.4, 0.5) is 0 Å². The SMILES string of the molecule is CCCC(=O)N(Cc1ccc(Cl)c(Cl)c1)[C@@H](CC)C(=O)NC(C)C. The third kappa shape index (κ3) is 5.99. The van der Waals surface area contributed by atoms with Gasteiger partial charge in [-0.2, -0.15) is 0 Å². The fraction of sp³-hybridized carbons (Fsp3) is 0.556. The first kappa shape index (κ1) is 20.8. The van der Waals surface area contributed by atoms with Crippen molar-refractivity contribution in [3.05, 3.63) is 33.8 Å². The molecule has 1 atom stereocenters. The molecule has 0 aromatic heterocycles. The molecule has 4 nitrogen and oxygen atoms in total. The molecule has 0 aliphatic carbocycles. The molecular weight excluding hydrogens is 347 g/mol. The van der Waals surface area contributed by atoms with Crippen molar-refractivity contribution in [3.63, 3.8) is 0 Å². The molecule has 0 saturated heterocycles. The van der Waals surface area contributed by atoms with Crippen molar-refractivity contribution in [1.82, 2.24) is 10.2 Å². The van der Waals surface area contributed by atoms with Gasteiger partial charge in [0.1, 0.15) is 6.04 Å². The molecule has 24 heavy (non-hydrogen) atoms. The van der Waals surface area contributed by atoms with E-state index in [2.05, 4.69) is 5.32 Å². The normalized spacial score (nSPS) is 12.1. The number of carbonyl (C=O) groups excluding carboxylic acids is 2. The number of hydrogen-bond acceptors (Lipinski definition) is 2. The number of rotatable bonds is 8. The molecule has 1 aromatic rings. The summed E-state index contributed by atoms with van der Waals surface area (Å²) < 4.78 is 0. The monoisotopic (exact) mass is 372 g/mol. The van der Waals surface area contributed by atoms with Gasteiger partial charge in [0.05, 0.1) is 10.0 Å². The van der Waals surface area contributed by atoms with Crippen molar-refractivity contribution in [3.8, 4) is 0 Å². The van der Waals surface area contributed by atoms with Crippen LogP contribution in [0.5, 0.6) is 0 Å². The molecule has 0 unspecified atom stereocenters. The zero-order chi connectivity index (χ0) is 18.3. The average Bonchev–Trinajstić information content (AvgIpc) is 2.50. The van der Waals surface area contributed by atoms with Gasteiger partial charge in [0.25, 0.3) is 0 Å². The molecular formula is C18H26Cl2N2O2. The van der Waals surface area contributed by atoms with Gasteiger partial charge in [0.15, 0.2) is 0 Å². The Hall–Kier alpha value is -1.26. The van der Waals surface area contributed by atoms with Gasteiger partial charge in [-0.1, -0.05) is 43.1 Å². The Morgan fingerprint density at radius 2 is 1.83 bits per heavy atom. The maximum Gasteiger partial charge on any atom is 0.243 e. The first-order valence-corrected chi connectivity index (χ1v) is 9.09. The van der Waals surface area contributed by atoms with Crippen molar-refractivity contribution in [2.75, 3.05) is 0 Å². The van der Waals surface area contributed by atoms with Crippen LogP contribution < -0.4 is 5.32 Å². The summed E-state index contributed by atoms with van der Waals surface area (Å²) in [5, 5.41) is 3.81. The van der Waals surface area contributed by atoms with Crippen LogP contribution in [0.2, 0.25) is 10.0 Å². The molecule has 6 heteroatoms. The first-order valence-electron chi connectivity index (χ1n) is 8.33. The van der Waals surface area contributed by atoms with Gasteiger partial charge >= 0.3 is 0 Å². The van der Waals surface area contributed by atoms with E-state index in [1.54, 1.807) is 17.0 Å². The lowest BCUT2D eigenvalue weighted by Crippen LogP contribution is -2.50. The van der Waals surface area contributed by atoms with Crippen molar-refractivity contribution < 1.29 is 9.59 Å². The summed E-state index contributed by atoms with van der Waals surface area (Å²) in [6, 6.07) is 4.80. The van der Waals surface area contributed by atoms with Crippen LogP contribution in [0.15, 0.2) is 18.2 Å². The van der Waals surface area contributed by atoms with Crippen LogP contribution in [-0.4, -0.2) is 28.8 Å². The first-order chi connectivity index (χ1) is 11.3. The van der Waals surface area contributed by atoms with Crippen LogP contribution in [0.3, 0.4) is 0 Å². The van der Waals surface area contributed by atoms with Crippen LogP contribution in [0.25, 0.3) is 0 Å². The average molecular weight is 373 g/mol. The molecule has 0 fully saturated rings. The Morgan fingerprint density at radius 1 is 1.17 bits per heavy atom. The van der Waals surface area contributed by atoms with E-state index in [4.69, 9.17) is 23.2 Å². The summed E-state index contributed by atoms with van der Waals surface area (Å²) in [6.07, 6.45) is 1.70. The summed E-state index contributed by atoms with van der Waals surface area (Å²) in [5.74, 6) is -0.161.